The van der Waals surface area contributed by atoms with E-state index in [1.807, 2.05) is 36.1 Å². The molecule has 0 aliphatic carbocycles. The number of rotatable bonds is 6. The highest BCUT2D eigenvalue weighted by Crippen LogP contribution is 2.18. The molecule has 3 N–H and O–H groups in total. The quantitative estimate of drug-likeness (QED) is 0.691. The van der Waals surface area contributed by atoms with E-state index in [9.17, 15) is 9.59 Å². The molecule has 1 aromatic carbocycles. The summed E-state index contributed by atoms with van der Waals surface area (Å²) < 4.78 is 1.56. The number of H-pyrrole nitrogens is 1. The normalized spacial score (nSPS) is 11.0. The minimum absolute atomic E-state index is 0.214. The van der Waals surface area contributed by atoms with Crippen molar-refractivity contribution >= 4 is 22.6 Å². The molecule has 0 saturated carbocycles. The number of amides is 1. The fourth-order valence-electron chi connectivity index (χ4n) is 2.70. The average molecular weight is 340 g/mol. The Bertz CT molecular complexity index is 975. The van der Waals surface area contributed by atoms with Crippen LogP contribution in [0.5, 0.6) is 0 Å². The van der Waals surface area contributed by atoms with Gasteiger partial charge in [-0.2, -0.15) is 5.10 Å². The van der Waals surface area contributed by atoms with Gasteiger partial charge in [-0.05, 0) is 24.6 Å². The van der Waals surface area contributed by atoms with Crippen molar-refractivity contribution in [3.63, 3.8) is 0 Å². The Morgan fingerprint density at radius 3 is 2.92 bits per heavy atom. The number of benzene rings is 1. The molecule has 8 heteroatoms. The molecule has 25 heavy (non-hydrogen) atoms. The zero-order valence-corrected chi connectivity index (χ0v) is 14.2. The standard InChI is InChI=1S/C17H20N6O2/c1-11-4-3-5-12(8-11)23(7-6-14(18)24)10-15-20-16-13(17(25)21-15)9-19-22(16)2/h3-5,8-9H,6-7,10H2,1-2H3,(H2,18,24)(H,20,21,25). The van der Waals surface area contributed by atoms with E-state index in [0.29, 0.717) is 29.9 Å². The maximum Gasteiger partial charge on any atom is 0.262 e. The largest absolute Gasteiger partial charge is 0.370 e. The van der Waals surface area contributed by atoms with Gasteiger partial charge in [0, 0.05) is 25.7 Å². The summed E-state index contributed by atoms with van der Waals surface area (Å²) in [6.45, 7) is 2.79. The smallest absolute Gasteiger partial charge is 0.262 e. The molecule has 2 aromatic heterocycles. The van der Waals surface area contributed by atoms with Gasteiger partial charge in [0.15, 0.2) is 5.65 Å². The van der Waals surface area contributed by atoms with E-state index in [-0.39, 0.29) is 17.9 Å². The summed E-state index contributed by atoms with van der Waals surface area (Å²) in [5.41, 5.74) is 7.63. The van der Waals surface area contributed by atoms with Gasteiger partial charge in [0.05, 0.1) is 12.7 Å². The zero-order chi connectivity index (χ0) is 18.0. The number of nitrogens with zero attached hydrogens (tertiary/aromatic N) is 4. The topological polar surface area (TPSA) is 110 Å². The first kappa shape index (κ1) is 16.7. The number of anilines is 1. The lowest BCUT2D eigenvalue weighted by Gasteiger charge is -2.24. The van der Waals surface area contributed by atoms with Crippen molar-refractivity contribution in [1.82, 2.24) is 19.7 Å². The van der Waals surface area contributed by atoms with E-state index in [0.717, 1.165) is 11.3 Å². The molecule has 0 unspecified atom stereocenters. The minimum atomic E-state index is -0.374. The molecule has 0 bridgehead atoms. The summed E-state index contributed by atoms with van der Waals surface area (Å²) in [5.74, 6) is 0.133. The third-order valence-electron chi connectivity index (χ3n) is 3.99. The van der Waals surface area contributed by atoms with Crippen LogP contribution in [0.2, 0.25) is 0 Å². The number of nitrogens with two attached hydrogens (primary N) is 1. The van der Waals surface area contributed by atoms with Crippen molar-refractivity contribution in [2.75, 3.05) is 11.4 Å². The van der Waals surface area contributed by atoms with E-state index < -0.39 is 0 Å². The molecule has 0 atom stereocenters. The molecule has 130 valence electrons. The lowest BCUT2D eigenvalue weighted by molar-refractivity contribution is -0.117. The van der Waals surface area contributed by atoms with Gasteiger partial charge in [-0.3, -0.25) is 14.3 Å². The van der Waals surface area contributed by atoms with Crippen molar-refractivity contribution in [3.8, 4) is 0 Å². The van der Waals surface area contributed by atoms with Crippen molar-refractivity contribution in [2.45, 2.75) is 19.9 Å². The number of aromatic nitrogens is 4. The van der Waals surface area contributed by atoms with Crippen LogP contribution in [0.15, 0.2) is 35.3 Å². The minimum Gasteiger partial charge on any atom is -0.370 e. The number of aryl methyl sites for hydroxylation is 2. The van der Waals surface area contributed by atoms with Crippen molar-refractivity contribution in [1.29, 1.82) is 0 Å². The third kappa shape index (κ3) is 3.68. The van der Waals surface area contributed by atoms with Crippen LogP contribution in [0.1, 0.15) is 17.8 Å². The highest BCUT2D eigenvalue weighted by atomic mass is 16.1. The summed E-state index contributed by atoms with van der Waals surface area (Å²) in [5, 5.41) is 4.52. The fourth-order valence-corrected chi connectivity index (χ4v) is 2.70. The second-order valence-corrected chi connectivity index (χ2v) is 5.99. The van der Waals surface area contributed by atoms with Gasteiger partial charge in [0.2, 0.25) is 5.91 Å². The lowest BCUT2D eigenvalue weighted by atomic mass is 10.2. The second-order valence-electron chi connectivity index (χ2n) is 5.99. The summed E-state index contributed by atoms with van der Waals surface area (Å²) in [6.07, 6.45) is 1.71. The molecular formula is C17H20N6O2. The van der Waals surface area contributed by atoms with Gasteiger partial charge >= 0.3 is 0 Å². The second kappa shape index (κ2) is 6.76. The van der Waals surface area contributed by atoms with Crippen LogP contribution in [-0.2, 0) is 18.4 Å². The Morgan fingerprint density at radius 2 is 2.20 bits per heavy atom. The van der Waals surface area contributed by atoms with Crippen LogP contribution in [-0.4, -0.2) is 32.2 Å². The van der Waals surface area contributed by atoms with Gasteiger partial charge in [0.1, 0.15) is 11.2 Å². The van der Waals surface area contributed by atoms with Crippen LogP contribution >= 0.6 is 0 Å². The highest BCUT2D eigenvalue weighted by Gasteiger charge is 2.13. The Hall–Kier alpha value is -3.16. The molecule has 3 rings (SSSR count). The van der Waals surface area contributed by atoms with Gasteiger partial charge in [-0.15, -0.1) is 0 Å². The maximum absolute atomic E-state index is 12.2. The number of aromatic amines is 1. The predicted molar refractivity (Wildman–Crippen MR) is 95.2 cm³/mol. The summed E-state index contributed by atoms with van der Waals surface area (Å²) in [4.78, 5) is 32.7. The molecule has 0 aliphatic rings. The molecule has 0 spiro atoms. The van der Waals surface area contributed by atoms with Gasteiger partial charge in [-0.25, -0.2) is 4.98 Å². The number of fused-ring (bicyclic) bond motifs is 1. The van der Waals surface area contributed by atoms with Crippen LogP contribution in [0.3, 0.4) is 0 Å². The van der Waals surface area contributed by atoms with Gasteiger partial charge in [-0.1, -0.05) is 12.1 Å². The predicted octanol–water partition coefficient (Wildman–Crippen LogP) is 0.847. The summed E-state index contributed by atoms with van der Waals surface area (Å²) >= 11 is 0. The van der Waals surface area contributed by atoms with Crippen LogP contribution in [0, 0.1) is 6.92 Å². The number of hydrogen-bond acceptors (Lipinski definition) is 5. The molecule has 0 saturated heterocycles. The highest BCUT2D eigenvalue weighted by molar-refractivity contribution is 5.74. The molecule has 8 nitrogen and oxygen atoms in total. The van der Waals surface area contributed by atoms with Crippen LogP contribution < -0.4 is 16.2 Å². The van der Waals surface area contributed by atoms with Crippen molar-refractivity contribution < 1.29 is 4.79 Å². The Morgan fingerprint density at radius 1 is 1.40 bits per heavy atom. The van der Waals surface area contributed by atoms with E-state index in [1.54, 1.807) is 11.7 Å². The molecule has 0 radical (unpaired) electrons. The monoisotopic (exact) mass is 340 g/mol. The number of carbonyl (C=O) groups excluding carboxylic acids is 1. The van der Waals surface area contributed by atoms with E-state index in [2.05, 4.69) is 15.1 Å². The molecule has 0 fully saturated rings. The van der Waals surface area contributed by atoms with Crippen LogP contribution in [0.4, 0.5) is 5.69 Å². The average Bonchev–Trinajstić information content (AvgIpc) is 2.93. The first-order valence-electron chi connectivity index (χ1n) is 7.95. The van der Waals surface area contributed by atoms with Crippen LogP contribution in [0.25, 0.3) is 11.0 Å². The van der Waals surface area contributed by atoms with Crippen molar-refractivity contribution in [2.24, 2.45) is 12.8 Å². The Kier molecular flexibility index (Phi) is 4.51. The van der Waals surface area contributed by atoms with Gasteiger partial charge in [0.25, 0.3) is 5.56 Å². The first-order valence-corrected chi connectivity index (χ1v) is 7.95. The summed E-state index contributed by atoms with van der Waals surface area (Å²) in [7, 11) is 1.74. The number of hydrogen-bond donors (Lipinski definition) is 2. The number of nitrogens with one attached hydrogen (secondary N) is 1. The fraction of sp³-hybridized carbons (Fsp3) is 0.294. The molecule has 3 aromatic rings. The molecule has 1 amide bonds. The Labute approximate surface area is 144 Å². The van der Waals surface area contributed by atoms with E-state index in [1.165, 1.54) is 6.20 Å². The lowest BCUT2D eigenvalue weighted by Crippen LogP contribution is -2.29. The molecule has 2 heterocycles. The van der Waals surface area contributed by atoms with E-state index >= 15 is 0 Å². The first-order chi connectivity index (χ1) is 11.9. The zero-order valence-electron chi connectivity index (χ0n) is 14.2. The number of carbonyl (C=O) groups is 1. The van der Waals surface area contributed by atoms with Crippen molar-refractivity contribution in [3.05, 3.63) is 52.2 Å². The summed E-state index contributed by atoms with van der Waals surface area (Å²) in [6, 6.07) is 7.91. The third-order valence-corrected chi connectivity index (χ3v) is 3.99. The Balaban J connectivity index is 1.95. The number of primary amides is 1. The van der Waals surface area contributed by atoms with E-state index in [4.69, 9.17) is 5.73 Å². The maximum atomic E-state index is 12.2. The molecule has 0 aliphatic heterocycles. The SMILES string of the molecule is Cc1cccc(N(CCC(N)=O)Cc2nc3c(cnn3C)c(=O)[nH]2)c1. The molecular weight excluding hydrogens is 320 g/mol. The van der Waals surface area contributed by atoms with Gasteiger partial charge < -0.3 is 15.6 Å².